The van der Waals surface area contributed by atoms with Crippen molar-refractivity contribution in [1.29, 1.82) is 0 Å². The van der Waals surface area contributed by atoms with E-state index in [0.29, 0.717) is 6.04 Å². The Morgan fingerprint density at radius 3 is 2.53 bits per heavy atom. The van der Waals surface area contributed by atoms with Crippen LogP contribution in [0.4, 0.5) is 10.1 Å². The molecule has 0 aliphatic carbocycles. The standard InChI is InChI=1S/C24H28FN5/c25-22-5-2-19(3-6-22)7-11-28-12-9-23(10-13-28)30-14-8-21-4-1-20(15-24(21)30)16-29-18-26-17-27-29/h1-6,15,17-18,23H,7-14,16H2. The summed E-state index contributed by atoms with van der Waals surface area (Å²) in [5.41, 5.74) is 5.38. The molecule has 6 heteroatoms. The van der Waals surface area contributed by atoms with Crippen LogP contribution in [0.5, 0.6) is 0 Å². The molecule has 2 aliphatic heterocycles. The van der Waals surface area contributed by atoms with Crippen LogP contribution < -0.4 is 4.90 Å². The fourth-order valence-electron chi connectivity index (χ4n) is 4.82. The number of piperidine rings is 1. The summed E-state index contributed by atoms with van der Waals surface area (Å²) < 4.78 is 15.0. The number of rotatable bonds is 6. The maximum atomic E-state index is 13.1. The van der Waals surface area contributed by atoms with Gasteiger partial charge in [0, 0.05) is 37.9 Å². The van der Waals surface area contributed by atoms with Crippen molar-refractivity contribution in [3.8, 4) is 0 Å². The molecule has 1 fully saturated rings. The predicted octanol–water partition coefficient (Wildman–Crippen LogP) is 3.54. The van der Waals surface area contributed by atoms with Gasteiger partial charge >= 0.3 is 0 Å². The molecule has 156 valence electrons. The Morgan fingerprint density at radius 1 is 0.967 bits per heavy atom. The average molecular weight is 406 g/mol. The largest absolute Gasteiger partial charge is 0.368 e. The van der Waals surface area contributed by atoms with Crippen LogP contribution in [-0.2, 0) is 19.4 Å². The van der Waals surface area contributed by atoms with E-state index in [2.05, 4.69) is 38.1 Å². The first-order valence-electron chi connectivity index (χ1n) is 10.9. The summed E-state index contributed by atoms with van der Waals surface area (Å²) in [4.78, 5) is 9.23. The first-order chi connectivity index (χ1) is 14.7. The first kappa shape index (κ1) is 19.2. The Bertz CT molecular complexity index is 962. The molecule has 5 rings (SSSR count). The van der Waals surface area contributed by atoms with Gasteiger partial charge in [0.15, 0.2) is 0 Å². The lowest BCUT2D eigenvalue weighted by Crippen LogP contribution is -2.45. The lowest BCUT2D eigenvalue weighted by Gasteiger charge is -2.38. The minimum atomic E-state index is -0.157. The molecule has 5 nitrogen and oxygen atoms in total. The second-order valence-electron chi connectivity index (χ2n) is 8.45. The maximum absolute atomic E-state index is 13.1. The molecular formula is C24H28FN5. The van der Waals surface area contributed by atoms with Crippen LogP contribution in [0, 0.1) is 5.82 Å². The summed E-state index contributed by atoms with van der Waals surface area (Å²) in [6, 6.07) is 14.4. The summed E-state index contributed by atoms with van der Waals surface area (Å²) in [7, 11) is 0. The number of benzene rings is 2. The number of halogens is 1. The normalized spacial score (nSPS) is 17.4. The van der Waals surface area contributed by atoms with Gasteiger partial charge in [-0.1, -0.05) is 24.3 Å². The zero-order valence-electron chi connectivity index (χ0n) is 17.3. The van der Waals surface area contributed by atoms with E-state index in [0.717, 1.165) is 45.6 Å². The number of hydrogen-bond donors (Lipinski definition) is 0. The molecule has 3 heterocycles. The van der Waals surface area contributed by atoms with Crippen molar-refractivity contribution in [2.24, 2.45) is 0 Å². The van der Waals surface area contributed by atoms with Gasteiger partial charge < -0.3 is 9.80 Å². The molecule has 0 atom stereocenters. The highest BCUT2D eigenvalue weighted by Gasteiger charge is 2.29. The van der Waals surface area contributed by atoms with Crippen LogP contribution in [-0.4, -0.2) is 51.9 Å². The highest BCUT2D eigenvalue weighted by Crippen LogP contribution is 2.33. The summed E-state index contributed by atoms with van der Waals surface area (Å²) in [5, 5.41) is 4.23. The van der Waals surface area contributed by atoms with Crippen molar-refractivity contribution in [2.75, 3.05) is 31.1 Å². The van der Waals surface area contributed by atoms with Crippen LogP contribution in [0.3, 0.4) is 0 Å². The van der Waals surface area contributed by atoms with Gasteiger partial charge in [-0.05, 0) is 60.6 Å². The molecule has 0 spiro atoms. The fourth-order valence-corrected chi connectivity index (χ4v) is 4.82. The van der Waals surface area contributed by atoms with Gasteiger partial charge in [0.05, 0.1) is 6.54 Å². The topological polar surface area (TPSA) is 37.2 Å². The van der Waals surface area contributed by atoms with E-state index in [9.17, 15) is 4.39 Å². The van der Waals surface area contributed by atoms with E-state index in [1.54, 1.807) is 24.8 Å². The van der Waals surface area contributed by atoms with Crippen molar-refractivity contribution < 1.29 is 4.39 Å². The predicted molar refractivity (Wildman–Crippen MR) is 116 cm³/mol. The van der Waals surface area contributed by atoms with Crippen LogP contribution >= 0.6 is 0 Å². The van der Waals surface area contributed by atoms with E-state index in [4.69, 9.17) is 0 Å². The SMILES string of the molecule is Fc1ccc(CCN2CCC(N3CCc4ccc(Cn5cncn5)cc43)CC2)cc1. The van der Waals surface area contributed by atoms with Crippen molar-refractivity contribution in [3.63, 3.8) is 0 Å². The zero-order valence-corrected chi connectivity index (χ0v) is 17.3. The molecule has 0 saturated carbocycles. The molecule has 0 amide bonds. The van der Waals surface area contributed by atoms with Crippen molar-refractivity contribution in [2.45, 2.75) is 38.3 Å². The molecule has 30 heavy (non-hydrogen) atoms. The average Bonchev–Trinajstić information content (AvgIpc) is 3.43. The second-order valence-corrected chi connectivity index (χ2v) is 8.45. The van der Waals surface area contributed by atoms with Gasteiger partial charge in [0.1, 0.15) is 18.5 Å². The zero-order chi connectivity index (χ0) is 20.3. The van der Waals surface area contributed by atoms with Crippen LogP contribution in [0.2, 0.25) is 0 Å². The Hall–Kier alpha value is -2.73. The molecule has 0 bridgehead atoms. The molecular weight excluding hydrogens is 377 g/mol. The Balaban J connectivity index is 1.18. The lowest BCUT2D eigenvalue weighted by atomic mass is 10.0. The van der Waals surface area contributed by atoms with E-state index in [1.807, 2.05) is 16.8 Å². The third-order valence-electron chi connectivity index (χ3n) is 6.52. The molecule has 1 aromatic heterocycles. The molecule has 2 aromatic carbocycles. The molecule has 0 N–H and O–H groups in total. The minimum absolute atomic E-state index is 0.157. The van der Waals surface area contributed by atoms with Gasteiger partial charge in [0.25, 0.3) is 0 Å². The van der Waals surface area contributed by atoms with Gasteiger partial charge in [-0.3, -0.25) is 0 Å². The fraction of sp³-hybridized carbons (Fsp3) is 0.417. The summed E-state index contributed by atoms with van der Waals surface area (Å²) >= 11 is 0. The number of nitrogens with zero attached hydrogens (tertiary/aromatic N) is 5. The van der Waals surface area contributed by atoms with E-state index < -0.39 is 0 Å². The van der Waals surface area contributed by atoms with E-state index >= 15 is 0 Å². The van der Waals surface area contributed by atoms with Gasteiger partial charge in [-0.2, -0.15) is 5.10 Å². The molecule has 1 saturated heterocycles. The number of aromatic nitrogens is 3. The van der Waals surface area contributed by atoms with Crippen LogP contribution in [0.25, 0.3) is 0 Å². The van der Waals surface area contributed by atoms with Crippen LogP contribution in [0.1, 0.15) is 29.5 Å². The van der Waals surface area contributed by atoms with E-state index in [-0.39, 0.29) is 5.82 Å². The quantitative estimate of drug-likeness (QED) is 0.629. The smallest absolute Gasteiger partial charge is 0.137 e. The van der Waals surface area contributed by atoms with Crippen molar-refractivity contribution in [1.82, 2.24) is 19.7 Å². The number of likely N-dealkylation sites (tertiary alicyclic amines) is 1. The molecule has 0 radical (unpaired) electrons. The van der Waals surface area contributed by atoms with Gasteiger partial charge in [-0.25, -0.2) is 14.1 Å². The third-order valence-corrected chi connectivity index (χ3v) is 6.52. The molecule has 2 aliphatic rings. The summed E-state index contributed by atoms with van der Waals surface area (Å²) in [6.45, 7) is 5.22. The number of anilines is 1. The Labute approximate surface area is 177 Å². The van der Waals surface area contributed by atoms with Gasteiger partial charge in [0.2, 0.25) is 0 Å². The maximum Gasteiger partial charge on any atom is 0.137 e. The molecule has 0 unspecified atom stereocenters. The van der Waals surface area contributed by atoms with Crippen molar-refractivity contribution >= 4 is 5.69 Å². The molecule has 3 aromatic rings. The third kappa shape index (κ3) is 4.24. The second kappa shape index (κ2) is 8.56. The van der Waals surface area contributed by atoms with Crippen LogP contribution in [0.15, 0.2) is 55.1 Å². The Kier molecular flexibility index (Phi) is 5.49. The van der Waals surface area contributed by atoms with Crippen molar-refractivity contribution in [3.05, 3.63) is 77.6 Å². The monoisotopic (exact) mass is 405 g/mol. The minimum Gasteiger partial charge on any atom is -0.368 e. The first-order valence-corrected chi connectivity index (χ1v) is 10.9. The Morgan fingerprint density at radius 2 is 1.77 bits per heavy atom. The highest BCUT2D eigenvalue weighted by molar-refractivity contribution is 5.60. The summed E-state index contributed by atoms with van der Waals surface area (Å²) in [6.07, 6.45) is 7.90. The number of fused-ring (bicyclic) bond motifs is 1. The van der Waals surface area contributed by atoms with Gasteiger partial charge in [-0.15, -0.1) is 0 Å². The highest BCUT2D eigenvalue weighted by atomic mass is 19.1. The van der Waals surface area contributed by atoms with E-state index in [1.165, 1.54) is 35.2 Å². The lowest BCUT2D eigenvalue weighted by molar-refractivity contribution is 0.212. The summed E-state index contributed by atoms with van der Waals surface area (Å²) in [5.74, 6) is -0.157. The number of hydrogen-bond acceptors (Lipinski definition) is 4.